The van der Waals surface area contributed by atoms with Crippen molar-refractivity contribution in [1.29, 1.82) is 0 Å². The lowest BCUT2D eigenvalue weighted by Crippen LogP contribution is -2.36. The third-order valence-corrected chi connectivity index (χ3v) is 6.09. The topological polar surface area (TPSA) is 83.1 Å². The standard InChI is InChI=1S/C23H27N5O2/c29-23(25-17-4-2-1-3-5-17)19-10-11-24-22-20(19)26-21(27-22)16-6-8-18(9-7-16)28-12-14-30-15-13-28/h6-11,17H,1-5,12-15H2,(H,25,29)(H,24,26,27). The molecule has 0 unspecified atom stereocenters. The highest BCUT2D eigenvalue weighted by atomic mass is 16.5. The molecule has 7 nitrogen and oxygen atoms in total. The molecule has 1 aliphatic heterocycles. The van der Waals surface area contributed by atoms with Crippen LogP contribution < -0.4 is 10.2 Å². The number of pyridine rings is 1. The van der Waals surface area contributed by atoms with E-state index in [1.54, 1.807) is 12.3 Å². The Kier molecular flexibility index (Phi) is 5.36. The maximum Gasteiger partial charge on any atom is 0.253 e. The van der Waals surface area contributed by atoms with Gasteiger partial charge in [0.2, 0.25) is 0 Å². The molecule has 1 aliphatic carbocycles. The molecule has 5 rings (SSSR count). The minimum Gasteiger partial charge on any atom is -0.378 e. The number of ether oxygens (including phenoxy) is 1. The average molecular weight is 406 g/mol. The van der Waals surface area contributed by atoms with Crippen LogP contribution in [0.15, 0.2) is 36.5 Å². The van der Waals surface area contributed by atoms with Crippen molar-refractivity contribution in [2.24, 2.45) is 0 Å². The molecule has 1 saturated heterocycles. The summed E-state index contributed by atoms with van der Waals surface area (Å²) in [5, 5.41) is 3.18. The number of rotatable bonds is 4. The van der Waals surface area contributed by atoms with Crippen molar-refractivity contribution >= 4 is 22.8 Å². The number of anilines is 1. The van der Waals surface area contributed by atoms with E-state index in [2.05, 4.69) is 44.5 Å². The number of H-pyrrole nitrogens is 1. The van der Waals surface area contributed by atoms with E-state index in [1.807, 2.05) is 0 Å². The summed E-state index contributed by atoms with van der Waals surface area (Å²) in [6.07, 6.45) is 7.41. The summed E-state index contributed by atoms with van der Waals surface area (Å²) < 4.78 is 5.43. The normalized spacial score (nSPS) is 17.9. The minimum absolute atomic E-state index is 0.0602. The number of carbonyl (C=O) groups excluding carboxylic acids is 1. The second kappa shape index (κ2) is 8.44. The van der Waals surface area contributed by atoms with Gasteiger partial charge in [0.1, 0.15) is 11.3 Å². The first-order valence-electron chi connectivity index (χ1n) is 10.9. The maximum atomic E-state index is 12.9. The minimum atomic E-state index is -0.0602. The highest BCUT2D eigenvalue weighted by Crippen LogP contribution is 2.25. The molecule has 3 heterocycles. The lowest BCUT2D eigenvalue weighted by molar-refractivity contribution is 0.0929. The number of morpholine rings is 1. The van der Waals surface area contributed by atoms with Gasteiger partial charge in [0.25, 0.3) is 5.91 Å². The molecule has 1 aromatic carbocycles. The van der Waals surface area contributed by atoms with Crippen molar-refractivity contribution in [3.05, 3.63) is 42.1 Å². The van der Waals surface area contributed by atoms with Gasteiger partial charge in [-0.2, -0.15) is 0 Å². The van der Waals surface area contributed by atoms with Gasteiger partial charge in [0.15, 0.2) is 5.65 Å². The van der Waals surface area contributed by atoms with Gasteiger partial charge in [0, 0.05) is 36.6 Å². The molecule has 0 spiro atoms. The Morgan fingerprint density at radius 3 is 2.60 bits per heavy atom. The fraction of sp³-hybridized carbons (Fsp3) is 0.435. The Hall–Kier alpha value is -2.93. The van der Waals surface area contributed by atoms with Crippen molar-refractivity contribution in [1.82, 2.24) is 20.3 Å². The summed E-state index contributed by atoms with van der Waals surface area (Å²) >= 11 is 0. The number of amides is 1. The summed E-state index contributed by atoms with van der Waals surface area (Å²) in [4.78, 5) is 27.6. The van der Waals surface area contributed by atoms with Crippen LogP contribution in [0.5, 0.6) is 0 Å². The van der Waals surface area contributed by atoms with Gasteiger partial charge in [-0.15, -0.1) is 0 Å². The van der Waals surface area contributed by atoms with E-state index >= 15 is 0 Å². The van der Waals surface area contributed by atoms with Crippen LogP contribution in [0.1, 0.15) is 42.5 Å². The van der Waals surface area contributed by atoms with E-state index in [-0.39, 0.29) is 11.9 Å². The zero-order valence-corrected chi connectivity index (χ0v) is 17.1. The number of hydrogen-bond acceptors (Lipinski definition) is 5. The molecule has 1 amide bonds. The molecular formula is C23H27N5O2. The average Bonchev–Trinajstić information content (AvgIpc) is 3.25. The molecular weight excluding hydrogens is 378 g/mol. The molecule has 2 N–H and O–H groups in total. The zero-order chi connectivity index (χ0) is 20.3. The molecule has 0 bridgehead atoms. The first-order valence-corrected chi connectivity index (χ1v) is 10.9. The third kappa shape index (κ3) is 3.89. The van der Waals surface area contributed by atoms with Gasteiger partial charge in [0.05, 0.1) is 18.8 Å². The third-order valence-electron chi connectivity index (χ3n) is 6.09. The van der Waals surface area contributed by atoms with E-state index in [9.17, 15) is 4.79 Å². The molecule has 0 radical (unpaired) electrons. The molecule has 156 valence electrons. The fourth-order valence-electron chi connectivity index (χ4n) is 4.39. The highest BCUT2D eigenvalue weighted by Gasteiger charge is 2.20. The summed E-state index contributed by atoms with van der Waals surface area (Å²) in [5.74, 6) is 0.666. The van der Waals surface area contributed by atoms with E-state index in [0.717, 1.165) is 50.5 Å². The number of fused-ring (bicyclic) bond motifs is 1. The van der Waals surface area contributed by atoms with E-state index in [4.69, 9.17) is 9.72 Å². The molecule has 1 saturated carbocycles. The van der Waals surface area contributed by atoms with Crippen LogP contribution in [-0.4, -0.2) is 53.2 Å². The first kappa shape index (κ1) is 19.1. The number of benzene rings is 1. The van der Waals surface area contributed by atoms with Crippen LogP contribution in [0, 0.1) is 0 Å². The molecule has 30 heavy (non-hydrogen) atoms. The van der Waals surface area contributed by atoms with Crippen molar-refractivity contribution in [3.8, 4) is 11.4 Å². The summed E-state index contributed by atoms with van der Waals surface area (Å²) in [6, 6.07) is 10.4. The summed E-state index contributed by atoms with van der Waals surface area (Å²) in [7, 11) is 0. The van der Waals surface area contributed by atoms with Crippen LogP contribution in [0.4, 0.5) is 5.69 Å². The Morgan fingerprint density at radius 2 is 1.83 bits per heavy atom. The summed E-state index contributed by atoms with van der Waals surface area (Å²) in [6.45, 7) is 3.35. The lowest BCUT2D eigenvalue weighted by Gasteiger charge is -2.28. The number of aromatic amines is 1. The Bertz CT molecular complexity index is 1020. The molecule has 3 aromatic rings. The monoisotopic (exact) mass is 405 g/mol. The van der Waals surface area contributed by atoms with Crippen LogP contribution in [0.25, 0.3) is 22.6 Å². The zero-order valence-electron chi connectivity index (χ0n) is 17.1. The van der Waals surface area contributed by atoms with Crippen LogP contribution in [0.2, 0.25) is 0 Å². The second-order valence-corrected chi connectivity index (χ2v) is 8.10. The number of nitrogens with zero attached hydrogens (tertiary/aromatic N) is 3. The van der Waals surface area contributed by atoms with Gasteiger partial charge in [-0.05, 0) is 43.2 Å². The highest BCUT2D eigenvalue weighted by molar-refractivity contribution is 6.04. The predicted molar refractivity (Wildman–Crippen MR) is 117 cm³/mol. The molecule has 2 aliphatic rings. The SMILES string of the molecule is O=C(NC1CCCCC1)c1ccnc2[nH]c(-c3ccc(N4CCOCC4)cc3)nc12. The number of carbonyl (C=O) groups is 1. The number of imidazole rings is 1. The molecule has 0 atom stereocenters. The van der Waals surface area contributed by atoms with Gasteiger partial charge in [-0.1, -0.05) is 19.3 Å². The van der Waals surface area contributed by atoms with Crippen LogP contribution in [-0.2, 0) is 4.74 Å². The van der Waals surface area contributed by atoms with Gasteiger partial charge in [-0.25, -0.2) is 9.97 Å². The van der Waals surface area contributed by atoms with Gasteiger partial charge in [-0.3, -0.25) is 4.79 Å². The predicted octanol–water partition coefficient (Wildman–Crippen LogP) is 3.52. The van der Waals surface area contributed by atoms with Crippen LogP contribution in [0.3, 0.4) is 0 Å². The van der Waals surface area contributed by atoms with Crippen molar-refractivity contribution in [2.75, 3.05) is 31.2 Å². The Morgan fingerprint density at radius 1 is 1.07 bits per heavy atom. The number of aromatic nitrogens is 3. The summed E-state index contributed by atoms with van der Waals surface area (Å²) in [5.41, 5.74) is 4.00. The molecule has 2 fully saturated rings. The first-order chi connectivity index (χ1) is 14.8. The van der Waals surface area contributed by atoms with Crippen LogP contribution >= 0.6 is 0 Å². The van der Waals surface area contributed by atoms with E-state index < -0.39 is 0 Å². The smallest absolute Gasteiger partial charge is 0.253 e. The fourth-order valence-corrected chi connectivity index (χ4v) is 4.39. The Balaban J connectivity index is 1.38. The van der Waals surface area contributed by atoms with Crippen molar-refractivity contribution in [2.45, 2.75) is 38.1 Å². The maximum absolute atomic E-state index is 12.9. The lowest BCUT2D eigenvalue weighted by atomic mass is 9.95. The van der Waals surface area contributed by atoms with Crippen molar-refractivity contribution in [3.63, 3.8) is 0 Å². The largest absolute Gasteiger partial charge is 0.378 e. The van der Waals surface area contributed by atoms with Gasteiger partial charge >= 0.3 is 0 Å². The second-order valence-electron chi connectivity index (χ2n) is 8.10. The van der Waals surface area contributed by atoms with E-state index in [0.29, 0.717) is 16.7 Å². The number of hydrogen-bond donors (Lipinski definition) is 2. The number of nitrogens with one attached hydrogen (secondary N) is 2. The molecule has 7 heteroatoms. The van der Waals surface area contributed by atoms with Crippen molar-refractivity contribution < 1.29 is 9.53 Å². The van der Waals surface area contributed by atoms with E-state index in [1.165, 1.54) is 24.9 Å². The Labute approximate surface area is 175 Å². The van der Waals surface area contributed by atoms with Gasteiger partial charge < -0.3 is 19.9 Å². The quantitative estimate of drug-likeness (QED) is 0.694. The molecule has 2 aromatic heterocycles.